The number of hydrogen-bond donors (Lipinski definition) is 1. The molecule has 6 rings (SSSR count). The number of nitrogens with one attached hydrogen (secondary N) is 1. The maximum absolute atomic E-state index is 14.0. The summed E-state index contributed by atoms with van der Waals surface area (Å²) in [5.74, 6) is -3.50. The highest BCUT2D eigenvalue weighted by Crippen LogP contribution is 2.54. The average molecular weight is 639 g/mol. The van der Waals surface area contributed by atoms with E-state index in [1.165, 1.54) is 10.6 Å². The Morgan fingerprint density at radius 2 is 1.64 bits per heavy atom. The fourth-order valence-corrected chi connectivity index (χ4v) is 8.31. The molecule has 0 saturated carbocycles. The maximum atomic E-state index is 14.0. The third-order valence-electron chi connectivity index (χ3n) is 7.61. The number of fused-ring (bicyclic) bond motifs is 2. The number of para-hydroxylation sites is 1. The maximum Gasteiger partial charge on any atom is 0.416 e. The highest BCUT2D eigenvalue weighted by molar-refractivity contribution is 8.00. The summed E-state index contributed by atoms with van der Waals surface area (Å²) >= 11 is 1.90. The second-order valence-electron chi connectivity index (χ2n) is 10.6. The van der Waals surface area contributed by atoms with Crippen molar-refractivity contribution in [2.24, 2.45) is 5.92 Å². The van der Waals surface area contributed by atoms with Crippen LogP contribution in [-0.4, -0.2) is 41.6 Å². The standard InChI is InChI=1S/C31H25F3N4O4S2/c1-36(2)20-13-11-17(12-14-20)23-24-25(28(41)38(27(24)40)21-10-6-7-18(15-21)31(32,33)34)43-29-26(23)44-30(42)37(29)16-22(39)35-19-8-4-3-5-9-19/h3-15,23-25H,16H2,1-2H3,(H,35,39). The van der Waals surface area contributed by atoms with Gasteiger partial charge in [0, 0.05) is 36.3 Å². The third kappa shape index (κ3) is 5.30. The van der Waals surface area contributed by atoms with Gasteiger partial charge in [0.25, 0.3) is 0 Å². The summed E-state index contributed by atoms with van der Waals surface area (Å²) < 4.78 is 41.9. The SMILES string of the molecule is CN(C)c1ccc(C2c3sc(=O)n(CC(=O)Nc4ccccc4)c3SC3C(=O)N(c4cccc(C(F)(F)F)c4)C(=O)C32)cc1. The lowest BCUT2D eigenvalue weighted by atomic mass is 9.83. The Morgan fingerprint density at radius 1 is 0.932 bits per heavy atom. The molecule has 2 aliphatic rings. The van der Waals surface area contributed by atoms with Crippen molar-refractivity contribution in [2.75, 3.05) is 29.2 Å². The molecule has 3 amide bonds. The Kier molecular flexibility index (Phi) is 7.62. The first-order chi connectivity index (χ1) is 20.9. The molecule has 3 atom stereocenters. The van der Waals surface area contributed by atoms with Crippen LogP contribution in [0, 0.1) is 5.92 Å². The fraction of sp³-hybridized carbons (Fsp3) is 0.226. The van der Waals surface area contributed by atoms with Crippen LogP contribution in [0.15, 0.2) is 88.7 Å². The lowest BCUT2D eigenvalue weighted by molar-refractivity contribution is -0.137. The van der Waals surface area contributed by atoms with Gasteiger partial charge in [-0.05, 0) is 48.0 Å². The summed E-state index contributed by atoms with van der Waals surface area (Å²) in [6.07, 6.45) is -4.67. The second kappa shape index (κ2) is 11.3. The zero-order chi connectivity index (χ0) is 31.3. The number of thiazole rings is 1. The van der Waals surface area contributed by atoms with Gasteiger partial charge in [-0.2, -0.15) is 13.2 Å². The molecule has 0 bridgehead atoms. The molecule has 1 N–H and O–H groups in total. The number of thioether (sulfide) groups is 1. The molecule has 13 heteroatoms. The Balaban J connectivity index is 1.43. The van der Waals surface area contributed by atoms with Gasteiger partial charge < -0.3 is 10.2 Å². The van der Waals surface area contributed by atoms with Crippen LogP contribution in [-0.2, 0) is 27.1 Å². The molecule has 4 aromatic rings. The minimum atomic E-state index is -4.67. The fourth-order valence-electron chi connectivity index (χ4n) is 5.54. The van der Waals surface area contributed by atoms with Crippen LogP contribution in [0.2, 0.25) is 0 Å². The number of carbonyl (C=O) groups excluding carboxylic acids is 3. The molecular formula is C31H25F3N4O4S2. The van der Waals surface area contributed by atoms with Gasteiger partial charge in [0.1, 0.15) is 11.8 Å². The van der Waals surface area contributed by atoms with Crippen LogP contribution in [0.25, 0.3) is 0 Å². The number of halogens is 3. The van der Waals surface area contributed by atoms with Crippen molar-refractivity contribution in [3.63, 3.8) is 0 Å². The predicted molar refractivity (Wildman–Crippen MR) is 163 cm³/mol. The van der Waals surface area contributed by atoms with Gasteiger partial charge in [-0.25, -0.2) is 4.90 Å². The van der Waals surface area contributed by atoms with Crippen LogP contribution in [0.1, 0.15) is 21.9 Å². The molecule has 0 aliphatic carbocycles. The van der Waals surface area contributed by atoms with E-state index in [-0.39, 0.29) is 12.2 Å². The molecule has 0 radical (unpaired) electrons. The summed E-state index contributed by atoms with van der Waals surface area (Å²) in [4.78, 5) is 57.0. The molecule has 3 aromatic carbocycles. The van der Waals surface area contributed by atoms with Crippen molar-refractivity contribution in [1.82, 2.24) is 4.57 Å². The van der Waals surface area contributed by atoms with Gasteiger partial charge in [0.15, 0.2) is 0 Å². The van der Waals surface area contributed by atoms with Crippen molar-refractivity contribution in [2.45, 2.75) is 28.9 Å². The van der Waals surface area contributed by atoms with Crippen molar-refractivity contribution in [3.05, 3.63) is 105 Å². The van der Waals surface area contributed by atoms with Crippen LogP contribution < -0.4 is 20.0 Å². The molecule has 1 aromatic heterocycles. The quantitative estimate of drug-likeness (QED) is 0.284. The minimum Gasteiger partial charge on any atom is -0.378 e. The van der Waals surface area contributed by atoms with E-state index in [1.807, 2.05) is 43.3 Å². The number of aromatic nitrogens is 1. The molecular weight excluding hydrogens is 613 g/mol. The summed E-state index contributed by atoms with van der Waals surface area (Å²) in [7, 11) is 3.75. The summed E-state index contributed by atoms with van der Waals surface area (Å²) in [5.41, 5.74) is 0.954. The van der Waals surface area contributed by atoms with Crippen LogP contribution >= 0.6 is 23.1 Å². The van der Waals surface area contributed by atoms with E-state index >= 15 is 0 Å². The van der Waals surface area contributed by atoms with Gasteiger partial charge in [-0.1, -0.05) is 59.5 Å². The second-order valence-corrected chi connectivity index (χ2v) is 12.7. The number of benzene rings is 3. The first kappa shape index (κ1) is 29.7. The lowest BCUT2D eigenvalue weighted by Gasteiger charge is -2.31. The Labute approximate surface area is 258 Å². The lowest BCUT2D eigenvalue weighted by Crippen LogP contribution is -2.33. The van der Waals surface area contributed by atoms with E-state index in [1.54, 1.807) is 30.3 Å². The number of anilines is 3. The van der Waals surface area contributed by atoms with E-state index < -0.39 is 51.4 Å². The van der Waals surface area contributed by atoms with Gasteiger partial charge in [0.05, 0.1) is 22.2 Å². The summed E-state index contributed by atoms with van der Waals surface area (Å²) in [6.45, 7) is -0.324. The highest BCUT2D eigenvalue weighted by Gasteiger charge is 2.57. The van der Waals surface area contributed by atoms with Crippen molar-refractivity contribution < 1.29 is 27.6 Å². The van der Waals surface area contributed by atoms with Gasteiger partial charge in [-0.15, -0.1) is 0 Å². The third-order valence-corrected chi connectivity index (χ3v) is 10.2. The number of carbonyl (C=O) groups is 3. The summed E-state index contributed by atoms with van der Waals surface area (Å²) in [5, 5.41) is 2.11. The van der Waals surface area contributed by atoms with Gasteiger partial charge >= 0.3 is 11.0 Å². The normalized spacial score (nSPS) is 19.5. The Hall–Kier alpha value is -4.36. The van der Waals surface area contributed by atoms with Crippen molar-refractivity contribution >= 4 is 57.9 Å². The largest absolute Gasteiger partial charge is 0.416 e. The Morgan fingerprint density at radius 3 is 2.30 bits per heavy atom. The molecule has 226 valence electrons. The number of hydrogen-bond acceptors (Lipinski definition) is 7. The zero-order valence-electron chi connectivity index (χ0n) is 23.4. The average Bonchev–Trinajstić information content (AvgIpc) is 3.43. The topological polar surface area (TPSA) is 91.7 Å². The first-order valence-corrected chi connectivity index (χ1v) is 15.2. The first-order valence-electron chi connectivity index (χ1n) is 13.5. The van der Waals surface area contributed by atoms with Crippen LogP contribution in [0.4, 0.5) is 30.2 Å². The number of alkyl halides is 3. The minimum absolute atomic E-state index is 0.172. The molecule has 1 saturated heterocycles. The number of amides is 3. The zero-order valence-corrected chi connectivity index (χ0v) is 25.0. The number of imide groups is 1. The smallest absolute Gasteiger partial charge is 0.378 e. The molecule has 44 heavy (non-hydrogen) atoms. The van der Waals surface area contributed by atoms with E-state index in [4.69, 9.17) is 0 Å². The van der Waals surface area contributed by atoms with E-state index in [0.29, 0.717) is 21.2 Å². The van der Waals surface area contributed by atoms with Gasteiger partial charge in [0.2, 0.25) is 17.7 Å². The van der Waals surface area contributed by atoms with Gasteiger partial charge in [-0.3, -0.25) is 23.7 Å². The molecule has 8 nitrogen and oxygen atoms in total. The van der Waals surface area contributed by atoms with E-state index in [9.17, 15) is 32.3 Å². The predicted octanol–water partition coefficient (Wildman–Crippen LogP) is 5.43. The van der Waals surface area contributed by atoms with Crippen LogP contribution in [0.5, 0.6) is 0 Å². The molecule has 2 aliphatic heterocycles. The summed E-state index contributed by atoms with van der Waals surface area (Å²) in [6, 6.07) is 20.2. The molecule has 0 spiro atoms. The van der Waals surface area contributed by atoms with Crippen molar-refractivity contribution in [3.8, 4) is 0 Å². The van der Waals surface area contributed by atoms with Crippen molar-refractivity contribution in [1.29, 1.82) is 0 Å². The van der Waals surface area contributed by atoms with E-state index in [0.717, 1.165) is 51.9 Å². The number of nitrogens with zero attached hydrogens (tertiary/aromatic N) is 3. The number of rotatable bonds is 6. The monoisotopic (exact) mass is 638 g/mol. The molecule has 3 heterocycles. The highest BCUT2D eigenvalue weighted by atomic mass is 32.2. The molecule has 3 unspecified atom stereocenters. The Bertz CT molecular complexity index is 1820. The van der Waals surface area contributed by atoms with Crippen LogP contribution in [0.3, 0.4) is 0 Å². The van der Waals surface area contributed by atoms with E-state index in [2.05, 4.69) is 5.32 Å². The molecule has 1 fully saturated rings.